The normalized spacial score (nSPS) is 11.2. The van der Waals surface area contributed by atoms with Crippen LogP contribution < -0.4 is 14.8 Å². The number of benzene rings is 4. The van der Waals surface area contributed by atoms with E-state index in [1.807, 2.05) is 30.3 Å². The van der Waals surface area contributed by atoms with E-state index in [0.717, 1.165) is 32.6 Å². The third kappa shape index (κ3) is 3.09. The topological polar surface area (TPSA) is 83.6 Å². The van der Waals surface area contributed by atoms with Crippen LogP contribution >= 0.6 is 0 Å². The number of H-pyrrole nitrogens is 1. The van der Waals surface area contributed by atoms with Crippen LogP contribution in [-0.2, 0) is 0 Å². The zero-order valence-corrected chi connectivity index (χ0v) is 17.0. The molecule has 0 atom stereocenters. The van der Waals surface area contributed by atoms with E-state index >= 15 is 0 Å². The molecule has 1 aromatic heterocycles. The summed E-state index contributed by atoms with van der Waals surface area (Å²) in [5, 5.41) is 17.4. The van der Waals surface area contributed by atoms with Gasteiger partial charge in [0.1, 0.15) is 17.2 Å². The molecule has 1 amide bonds. The summed E-state index contributed by atoms with van der Waals surface area (Å²) in [6.45, 7) is 0. The highest BCUT2D eigenvalue weighted by atomic mass is 16.5. The molecule has 0 saturated carbocycles. The third-order valence-electron chi connectivity index (χ3n) is 5.51. The Morgan fingerprint density at radius 1 is 0.903 bits per heavy atom. The number of aromatic hydroxyl groups is 1. The molecule has 5 rings (SSSR count). The molecule has 154 valence electrons. The Balaban J connectivity index is 1.57. The largest absolute Gasteiger partial charge is 0.507 e. The van der Waals surface area contributed by atoms with Crippen molar-refractivity contribution in [3.63, 3.8) is 0 Å². The predicted octanol–water partition coefficient (Wildman–Crippen LogP) is 5.45. The van der Waals surface area contributed by atoms with E-state index < -0.39 is 5.91 Å². The van der Waals surface area contributed by atoms with Crippen molar-refractivity contribution in [1.29, 1.82) is 0 Å². The van der Waals surface area contributed by atoms with Crippen LogP contribution in [0.25, 0.3) is 32.6 Å². The molecular weight excluding hydrogens is 392 g/mol. The van der Waals surface area contributed by atoms with Gasteiger partial charge < -0.3 is 24.9 Å². The molecule has 31 heavy (non-hydrogen) atoms. The van der Waals surface area contributed by atoms with Gasteiger partial charge in [-0.3, -0.25) is 4.79 Å². The van der Waals surface area contributed by atoms with Crippen LogP contribution in [0.4, 0.5) is 5.69 Å². The quantitative estimate of drug-likeness (QED) is 0.367. The van der Waals surface area contributed by atoms with E-state index in [1.165, 1.54) is 7.11 Å². The maximum Gasteiger partial charge on any atom is 0.259 e. The van der Waals surface area contributed by atoms with Gasteiger partial charge in [-0.2, -0.15) is 0 Å². The molecule has 5 aromatic rings. The Kier molecular flexibility index (Phi) is 4.40. The van der Waals surface area contributed by atoms with Crippen molar-refractivity contribution < 1.29 is 19.4 Å². The summed E-state index contributed by atoms with van der Waals surface area (Å²) >= 11 is 0. The number of anilines is 1. The highest BCUT2D eigenvalue weighted by Crippen LogP contribution is 2.35. The molecule has 0 aliphatic rings. The molecule has 3 N–H and O–H groups in total. The number of para-hydroxylation sites is 1. The van der Waals surface area contributed by atoms with Crippen LogP contribution in [0.5, 0.6) is 17.2 Å². The lowest BCUT2D eigenvalue weighted by Gasteiger charge is -2.13. The van der Waals surface area contributed by atoms with Crippen molar-refractivity contribution in [3.8, 4) is 17.2 Å². The molecule has 0 spiro atoms. The first kappa shape index (κ1) is 18.8. The van der Waals surface area contributed by atoms with Crippen LogP contribution in [0.2, 0.25) is 0 Å². The van der Waals surface area contributed by atoms with Gasteiger partial charge in [0, 0.05) is 27.7 Å². The highest BCUT2D eigenvalue weighted by Gasteiger charge is 2.17. The molecule has 0 radical (unpaired) electrons. The third-order valence-corrected chi connectivity index (χ3v) is 5.51. The van der Waals surface area contributed by atoms with Gasteiger partial charge >= 0.3 is 0 Å². The van der Waals surface area contributed by atoms with Gasteiger partial charge in [0.15, 0.2) is 0 Å². The number of carbonyl (C=O) groups is 1. The first-order valence-corrected chi connectivity index (χ1v) is 9.78. The average Bonchev–Trinajstić information content (AvgIpc) is 3.18. The first-order valence-electron chi connectivity index (χ1n) is 9.78. The standard InChI is InChI=1S/C25H20N2O4/c1-30-15-8-10-21(23(12-15)31-2)27-25(29)19-11-14-7-9-17-16-5-3-4-6-20(16)26-24(17)18(14)13-22(19)28/h3-13,26,28H,1-2H3,(H,27,29). The number of amides is 1. The minimum absolute atomic E-state index is 0.0939. The lowest BCUT2D eigenvalue weighted by Crippen LogP contribution is -2.13. The number of aromatic amines is 1. The first-order chi connectivity index (χ1) is 15.1. The van der Waals surface area contributed by atoms with Crippen LogP contribution in [0, 0.1) is 0 Å². The number of aromatic nitrogens is 1. The predicted molar refractivity (Wildman–Crippen MR) is 122 cm³/mol. The van der Waals surface area contributed by atoms with E-state index in [-0.39, 0.29) is 11.3 Å². The van der Waals surface area contributed by atoms with E-state index in [4.69, 9.17) is 9.47 Å². The van der Waals surface area contributed by atoms with Crippen LogP contribution in [0.15, 0.2) is 66.7 Å². The fourth-order valence-corrected chi connectivity index (χ4v) is 3.95. The van der Waals surface area contributed by atoms with Crippen molar-refractivity contribution in [2.24, 2.45) is 0 Å². The van der Waals surface area contributed by atoms with Crippen molar-refractivity contribution in [2.75, 3.05) is 19.5 Å². The van der Waals surface area contributed by atoms with Crippen LogP contribution in [0.1, 0.15) is 10.4 Å². The summed E-state index contributed by atoms with van der Waals surface area (Å²) < 4.78 is 10.5. The number of phenolic OH excluding ortho intramolecular Hbond substituents is 1. The SMILES string of the molecule is COc1ccc(NC(=O)c2cc3ccc4c5ccccc5[nH]c4c3cc2O)c(OC)c1. The number of methoxy groups -OCH3 is 2. The molecule has 0 aliphatic carbocycles. The number of nitrogens with one attached hydrogen (secondary N) is 2. The summed E-state index contributed by atoms with van der Waals surface area (Å²) in [6.07, 6.45) is 0. The Labute approximate surface area is 178 Å². The Hall–Kier alpha value is -4.19. The van der Waals surface area contributed by atoms with Gasteiger partial charge in [-0.15, -0.1) is 0 Å². The molecule has 0 saturated heterocycles. The monoisotopic (exact) mass is 412 g/mol. The van der Waals surface area contributed by atoms with E-state index in [9.17, 15) is 9.90 Å². The molecule has 1 heterocycles. The van der Waals surface area contributed by atoms with Crippen molar-refractivity contribution in [1.82, 2.24) is 4.98 Å². The van der Waals surface area contributed by atoms with Gasteiger partial charge in [0.2, 0.25) is 0 Å². The Bertz CT molecular complexity index is 1470. The van der Waals surface area contributed by atoms with E-state index in [1.54, 1.807) is 37.4 Å². The van der Waals surface area contributed by atoms with Crippen LogP contribution in [-0.4, -0.2) is 30.2 Å². The van der Waals surface area contributed by atoms with Crippen molar-refractivity contribution >= 4 is 44.2 Å². The molecule has 6 nitrogen and oxygen atoms in total. The van der Waals surface area contributed by atoms with E-state index in [0.29, 0.717) is 17.2 Å². The number of hydrogen-bond donors (Lipinski definition) is 3. The number of hydrogen-bond acceptors (Lipinski definition) is 4. The summed E-state index contributed by atoms with van der Waals surface area (Å²) in [7, 11) is 3.08. The molecule has 0 aliphatic heterocycles. The molecule has 4 aromatic carbocycles. The zero-order valence-electron chi connectivity index (χ0n) is 17.0. The van der Waals surface area contributed by atoms with Gasteiger partial charge in [-0.05, 0) is 35.7 Å². The van der Waals surface area contributed by atoms with E-state index in [2.05, 4.69) is 16.4 Å². The fraction of sp³-hybridized carbons (Fsp3) is 0.0800. The number of ether oxygens (including phenoxy) is 2. The second kappa shape index (κ2) is 7.25. The molecule has 0 unspecified atom stereocenters. The van der Waals surface area contributed by atoms with Gasteiger partial charge in [0.25, 0.3) is 5.91 Å². The highest BCUT2D eigenvalue weighted by molar-refractivity contribution is 6.18. The number of rotatable bonds is 4. The minimum Gasteiger partial charge on any atom is -0.507 e. The van der Waals surface area contributed by atoms with Gasteiger partial charge in [0.05, 0.1) is 31.0 Å². The number of fused-ring (bicyclic) bond motifs is 5. The van der Waals surface area contributed by atoms with Crippen LogP contribution in [0.3, 0.4) is 0 Å². The van der Waals surface area contributed by atoms with Gasteiger partial charge in [-0.1, -0.05) is 30.3 Å². The maximum absolute atomic E-state index is 12.9. The summed E-state index contributed by atoms with van der Waals surface area (Å²) in [6, 6.07) is 20.5. The lowest BCUT2D eigenvalue weighted by atomic mass is 10.0. The van der Waals surface area contributed by atoms with Gasteiger partial charge in [-0.25, -0.2) is 0 Å². The Morgan fingerprint density at radius 3 is 2.55 bits per heavy atom. The lowest BCUT2D eigenvalue weighted by molar-refractivity contribution is 0.102. The summed E-state index contributed by atoms with van der Waals surface area (Å²) in [5.74, 6) is 0.557. The van der Waals surface area contributed by atoms with Crippen molar-refractivity contribution in [3.05, 3.63) is 72.3 Å². The molecule has 0 bridgehead atoms. The maximum atomic E-state index is 12.9. The Morgan fingerprint density at radius 2 is 1.74 bits per heavy atom. The second-order valence-electron chi connectivity index (χ2n) is 7.27. The summed E-state index contributed by atoms with van der Waals surface area (Å²) in [5.41, 5.74) is 2.62. The number of carbonyl (C=O) groups excluding carboxylic acids is 1. The van der Waals surface area contributed by atoms with Crippen molar-refractivity contribution in [2.45, 2.75) is 0 Å². The minimum atomic E-state index is -0.431. The average molecular weight is 412 g/mol. The molecule has 0 fully saturated rings. The zero-order chi connectivity index (χ0) is 21.5. The second-order valence-corrected chi connectivity index (χ2v) is 7.27. The number of phenols is 1. The smallest absolute Gasteiger partial charge is 0.259 e. The molecular formula is C25H20N2O4. The summed E-state index contributed by atoms with van der Waals surface area (Å²) in [4.78, 5) is 16.4. The molecule has 6 heteroatoms. The fourth-order valence-electron chi connectivity index (χ4n) is 3.95.